The normalized spacial score (nSPS) is 13.1. The highest BCUT2D eigenvalue weighted by molar-refractivity contribution is 5.99. The molecule has 142 valence electrons. The maximum Gasteiger partial charge on any atom is 0.260 e. The quantitative estimate of drug-likeness (QED) is 0.806. The second-order valence-electron chi connectivity index (χ2n) is 6.54. The Morgan fingerprint density at radius 3 is 2.70 bits per heavy atom. The fraction of sp³-hybridized carbons (Fsp3) is 0.316. The number of hydrogen-bond acceptors (Lipinski definition) is 4. The van der Waals surface area contributed by atoms with Gasteiger partial charge in [0.05, 0.1) is 12.7 Å². The first kappa shape index (κ1) is 18.6. The number of carbonyl (C=O) groups is 2. The van der Waals surface area contributed by atoms with Gasteiger partial charge in [-0.15, -0.1) is 0 Å². The Kier molecular flexibility index (Phi) is 5.25. The lowest BCUT2D eigenvalue weighted by Gasteiger charge is -2.18. The molecule has 3 rings (SSSR count). The van der Waals surface area contributed by atoms with Crippen LogP contribution in [0.4, 0.5) is 4.39 Å². The van der Waals surface area contributed by atoms with Crippen molar-refractivity contribution < 1.29 is 18.7 Å². The lowest BCUT2D eigenvalue weighted by molar-refractivity contribution is 0.0783. The predicted molar refractivity (Wildman–Crippen MR) is 96.3 cm³/mol. The largest absolute Gasteiger partial charge is 0.497 e. The Labute approximate surface area is 155 Å². The Morgan fingerprint density at radius 1 is 1.30 bits per heavy atom. The summed E-state index contributed by atoms with van der Waals surface area (Å²) in [7, 11) is 2.92. The summed E-state index contributed by atoms with van der Waals surface area (Å²) in [6.07, 6.45) is 3.15. The van der Waals surface area contributed by atoms with Crippen LogP contribution in [-0.2, 0) is 6.54 Å². The molecule has 1 aromatic heterocycles. The fourth-order valence-corrected chi connectivity index (χ4v) is 2.65. The summed E-state index contributed by atoms with van der Waals surface area (Å²) in [4.78, 5) is 40.6. The van der Waals surface area contributed by atoms with E-state index in [1.807, 2.05) is 0 Å². The molecule has 7 nitrogen and oxygen atoms in total. The number of amides is 2. The van der Waals surface area contributed by atoms with Crippen molar-refractivity contribution in [2.75, 3.05) is 14.2 Å². The maximum absolute atomic E-state index is 13.6. The van der Waals surface area contributed by atoms with Crippen molar-refractivity contribution in [1.82, 2.24) is 15.2 Å². The average Bonchev–Trinajstić information content (AvgIpc) is 3.44. The average molecular weight is 373 g/mol. The maximum atomic E-state index is 13.6. The van der Waals surface area contributed by atoms with E-state index in [1.54, 1.807) is 6.07 Å². The van der Waals surface area contributed by atoms with Crippen molar-refractivity contribution in [3.8, 4) is 5.75 Å². The van der Waals surface area contributed by atoms with E-state index in [1.165, 1.54) is 43.5 Å². The van der Waals surface area contributed by atoms with Crippen LogP contribution >= 0.6 is 0 Å². The number of nitrogens with one attached hydrogen (secondary N) is 2. The SMILES string of the molecule is COc1cc(F)cc(CN(C)C(=O)c2cc(C(=O)NC3CC3)c[nH]c2=O)c1. The van der Waals surface area contributed by atoms with E-state index in [0.717, 1.165) is 12.8 Å². The number of ether oxygens (including phenoxy) is 1. The van der Waals surface area contributed by atoms with Crippen LogP contribution in [-0.4, -0.2) is 41.9 Å². The number of methoxy groups -OCH3 is 1. The van der Waals surface area contributed by atoms with E-state index < -0.39 is 17.3 Å². The standard InChI is InChI=1S/C19H20FN3O4/c1-23(10-11-5-13(20)8-15(6-11)27-2)19(26)16-7-12(9-21-18(16)25)17(24)22-14-3-4-14/h5-9,14H,3-4,10H2,1-2H3,(H,21,25)(H,22,24). The van der Waals surface area contributed by atoms with Gasteiger partial charge in [0.25, 0.3) is 17.4 Å². The molecule has 0 saturated heterocycles. The highest BCUT2D eigenvalue weighted by Crippen LogP contribution is 2.20. The van der Waals surface area contributed by atoms with Gasteiger partial charge in [-0.25, -0.2) is 4.39 Å². The van der Waals surface area contributed by atoms with Gasteiger partial charge in [0.15, 0.2) is 0 Å². The molecule has 1 aliphatic carbocycles. The highest BCUT2D eigenvalue weighted by atomic mass is 19.1. The summed E-state index contributed by atoms with van der Waals surface area (Å²) in [6.45, 7) is 0.0743. The van der Waals surface area contributed by atoms with Gasteiger partial charge in [-0.05, 0) is 36.6 Å². The van der Waals surface area contributed by atoms with Crippen molar-refractivity contribution in [3.05, 3.63) is 63.3 Å². The highest BCUT2D eigenvalue weighted by Gasteiger charge is 2.25. The Hall–Kier alpha value is -3.16. The Bertz CT molecular complexity index is 937. The molecular formula is C19H20FN3O4. The van der Waals surface area contributed by atoms with Gasteiger partial charge in [-0.3, -0.25) is 14.4 Å². The summed E-state index contributed by atoms with van der Waals surface area (Å²) >= 11 is 0. The van der Waals surface area contributed by atoms with E-state index in [0.29, 0.717) is 11.3 Å². The number of carbonyl (C=O) groups excluding carboxylic acids is 2. The summed E-state index contributed by atoms with van der Waals surface area (Å²) in [5, 5.41) is 2.80. The molecule has 1 fully saturated rings. The second-order valence-corrected chi connectivity index (χ2v) is 6.54. The first-order chi connectivity index (χ1) is 12.9. The van der Waals surface area contributed by atoms with Gasteiger partial charge < -0.3 is 19.9 Å². The molecule has 0 radical (unpaired) electrons. The van der Waals surface area contributed by atoms with Crippen LogP contribution in [0.1, 0.15) is 39.1 Å². The summed E-state index contributed by atoms with van der Waals surface area (Å²) in [5.41, 5.74) is -0.0107. The predicted octanol–water partition coefficient (Wildman–Crippen LogP) is 1.69. The van der Waals surface area contributed by atoms with Crippen LogP contribution in [0.2, 0.25) is 0 Å². The molecule has 1 saturated carbocycles. The molecule has 0 bridgehead atoms. The summed E-state index contributed by atoms with van der Waals surface area (Å²) < 4.78 is 18.6. The van der Waals surface area contributed by atoms with Gasteiger partial charge in [0.2, 0.25) is 0 Å². The van der Waals surface area contributed by atoms with Crippen LogP contribution < -0.4 is 15.6 Å². The molecule has 0 unspecified atom stereocenters. The molecule has 27 heavy (non-hydrogen) atoms. The van der Waals surface area contributed by atoms with Crippen molar-refractivity contribution in [1.29, 1.82) is 0 Å². The zero-order valence-corrected chi connectivity index (χ0v) is 15.0. The number of benzene rings is 1. The lowest BCUT2D eigenvalue weighted by atomic mass is 10.1. The lowest BCUT2D eigenvalue weighted by Crippen LogP contribution is -2.33. The van der Waals surface area contributed by atoms with Gasteiger partial charge in [0.1, 0.15) is 17.1 Å². The van der Waals surface area contributed by atoms with Crippen LogP contribution in [0.5, 0.6) is 5.75 Å². The number of aromatic nitrogens is 1. The Morgan fingerprint density at radius 2 is 2.04 bits per heavy atom. The topological polar surface area (TPSA) is 91.5 Å². The van der Waals surface area contributed by atoms with E-state index in [2.05, 4.69) is 10.3 Å². The third-order valence-electron chi connectivity index (χ3n) is 4.24. The zero-order chi connectivity index (χ0) is 19.6. The van der Waals surface area contributed by atoms with Crippen LogP contribution in [0.15, 0.2) is 35.3 Å². The van der Waals surface area contributed by atoms with Crippen molar-refractivity contribution in [2.45, 2.75) is 25.4 Å². The molecule has 8 heteroatoms. The smallest absolute Gasteiger partial charge is 0.260 e. The first-order valence-corrected chi connectivity index (χ1v) is 8.50. The zero-order valence-electron chi connectivity index (χ0n) is 15.0. The number of rotatable bonds is 6. The first-order valence-electron chi connectivity index (χ1n) is 8.50. The summed E-state index contributed by atoms with van der Waals surface area (Å²) in [6, 6.07) is 5.57. The molecule has 1 aliphatic rings. The molecule has 2 amide bonds. The minimum absolute atomic E-state index is 0.0743. The number of hydrogen-bond donors (Lipinski definition) is 2. The molecule has 2 N–H and O–H groups in total. The van der Waals surface area contributed by atoms with Crippen molar-refractivity contribution in [2.24, 2.45) is 0 Å². The van der Waals surface area contributed by atoms with E-state index in [4.69, 9.17) is 4.74 Å². The van der Waals surface area contributed by atoms with Crippen LogP contribution in [0.25, 0.3) is 0 Å². The molecule has 0 aliphatic heterocycles. The van der Waals surface area contributed by atoms with Crippen LogP contribution in [0.3, 0.4) is 0 Å². The third kappa shape index (κ3) is 4.52. The fourth-order valence-electron chi connectivity index (χ4n) is 2.65. The molecule has 1 heterocycles. The van der Waals surface area contributed by atoms with Crippen molar-refractivity contribution >= 4 is 11.8 Å². The van der Waals surface area contributed by atoms with Crippen LogP contribution in [0, 0.1) is 5.82 Å². The molecular weight excluding hydrogens is 353 g/mol. The van der Waals surface area contributed by atoms with Gasteiger partial charge in [0, 0.05) is 31.9 Å². The monoisotopic (exact) mass is 373 g/mol. The van der Waals surface area contributed by atoms with E-state index in [9.17, 15) is 18.8 Å². The van der Waals surface area contributed by atoms with Gasteiger partial charge in [-0.2, -0.15) is 0 Å². The molecule has 0 spiro atoms. The minimum Gasteiger partial charge on any atom is -0.497 e. The second kappa shape index (κ2) is 7.61. The number of nitrogens with zero attached hydrogens (tertiary/aromatic N) is 1. The number of H-pyrrole nitrogens is 1. The third-order valence-corrected chi connectivity index (χ3v) is 4.24. The van der Waals surface area contributed by atoms with E-state index in [-0.39, 0.29) is 29.6 Å². The Balaban J connectivity index is 1.78. The van der Waals surface area contributed by atoms with Gasteiger partial charge in [-0.1, -0.05) is 0 Å². The van der Waals surface area contributed by atoms with Crippen molar-refractivity contribution in [3.63, 3.8) is 0 Å². The minimum atomic E-state index is -0.591. The molecule has 2 aromatic rings. The number of pyridine rings is 1. The van der Waals surface area contributed by atoms with Gasteiger partial charge >= 0.3 is 0 Å². The number of aromatic amines is 1. The molecule has 1 aromatic carbocycles. The van der Waals surface area contributed by atoms with E-state index >= 15 is 0 Å². The summed E-state index contributed by atoms with van der Waals surface area (Å²) in [5.74, 6) is -1.05. The number of halogens is 1. The molecule has 0 atom stereocenters.